The maximum atomic E-state index is 6.25. The molecule has 1 aromatic heterocycles. The maximum Gasteiger partial charge on any atom is 0.120 e. The van der Waals surface area contributed by atoms with Crippen molar-refractivity contribution in [1.29, 1.82) is 0 Å². The summed E-state index contributed by atoms with van der Waals surface area (Å²) in [6.45, 7) is 6.42. The number of unbranched alkanes of at least 4 members (excludes halogenated alkanes) is 1. The Kier molecular flexibility index (Phi) is 5.36. The summed E-state index contributed by atoms with van der Waals surface area (Å²) >= 11 is 6.25. The molecule has 1 aliphatic heterocycles. The van der Waals surface area contributed by atoms with Gasteiger partial charge in [0.1, 0.15) is 5.75 Å². The number of hydrogen-bond acceptors (Lipinski definition) is 2. The Bertz CT molecular complexity index is 1020. The molecule has 3 aromatic rings. The minimum Gasteiger partial charge on any atom is -0.497 e. The average molecular weight is 395 g/mol. The van der Waals surface area contributed by atoms with Gasteiger partial charge in [0, 0.05) is 47.0 Å². The number of hydrogen-bond donors (Lipinski definition) is 0. The molecule has 0 fully saturated rings. The Hall–Kier alpha value is -2.39. The molecule has 0 spiro atoms. The highest BCUT2D eigenvalue weighted by Crippen LogP contribution is 2.39. The Morgan fingerprint density at radius 1 is 1.14 bits per heavy atom. The molecule has 1 unspecified atom stereocenters. The molecule has 0 amide bonds. The molecule has 1 aliphatic rings. The topological polar surface area (TPSA) is 17.4 Å². The van der Waals surface area contributed by atoms with Crippen LogP contribution in [0.4, 0.5) is 0 Å². The smallest absolute Gasteiger partial charge is 0.120 e. The molecule has 0 N–H and O–H groups in total. The number of fused-ring (bicyclic) bond motifs is 3. The summed E-state index contributed by atoms with van der Waals surface area (Å²) in [6, 6.07) is 14.8. The van der Waals surface area contributed by atoms with Crippen molar-refractivity contribution < 1.29 is 4.74 Å². The third kappa shape index (κ3) is 3.40. The molecule has 0 saturated carbocycles. The zero-order chi connectivity index (χ0) is 19.7. The van der Waals surface area contributed by atoms with Crippen molar-refractivity contribution in [1.82, 2.24) is 9.47 Å². The van der Waals surface area contributed by atoms with Crippen LogP contribution in [0.5, 0.6) is 5.75 Å². The van der Waals surface area contributed by atoms with E-state index in [4.69, 9.17) is 16.3 Å². The first-order valence-corrected chi connectivity index (χ1v) is 10.4. The summed E-state index contributed by atoms with van der Waals surface area (Å²) in [5.41, 5.74) is 5.09. The van der Waals surface area contributed by atoms with Crippen LogP contribution in [0, 0.1) is 0 Å². The van der Waals surface area contributed by atoms with Gasteiger partial charge in [0.2, 0.25) is 0 Å². The first-order chi connectivity index (χ1) is 13.6. The van der Waals surface area contributed by atoms with Gasteiger partial charge in [0.15, 0.2) is 0 Å². The van der Waals surface area contributed by atoms with E-state index in [1.165, 1.54) is 40.6 Å². The van der Waals surface area contributed by atoms with E-state index >= 15 is 0 Å². The molecule has 0 radical (unpaired) electrons. The first-order valence-electron chi connectivity index (χ1n) is 10.0. The normalized spacial score (nSPS) is 15.9. The second-order valence-corrected chi connectivity index (χ2v) is 7.92. The van der Waals surface area contributed by atoms with Gasteiger partial charge in [0.25, 0.3) is 0 Å². The largest absolute Gasteiger partial charge is 0.497 e. The van der Waals surface area contributed by atoms with Crippen LogP contribution in [0.25, 0.3) is 17.0 Å². The van der Waals surface area contributed by atoms with Gasteiger partial charge in [-0.1, -0.05) is 37.1 Å². The summed E-state index contributed by atoms with van der Waals surface area (Å²) in [5, 5.41) is 2.05. The van der Waals surface area contributed by atoms with E-state index in [2.05, 4.69) is 59.9 Å². The summed E-state index contributed by atoms with van der Waals surface area (Å²) in [7, 11) is 1.72. The van der Waals surface area contributed by atoms with Gasteiger partial charge in [-0.15, -0.1) is 0 Å². The summed E-state index contributed by atoms with van der Waals surface area (Å²) in [6.07, 6.45) is 6.93. The quantitative estimate of drug-likeness (QED) is 0.474. The molecule has 3 nitrogen and oxygen atoms in total. The first kappa shape index (κ1) is 18.9. The Balaban J connectivity index is 1.86. The van der Waals surface area contributed by atoms with Crippen molar-refractivity contribution in [3.63, 3.8) is 0 Å². The van der Waals surface area contributed by atoms with Gasteiger partial charge in [-0.3, -0.25) is 0 Å². The number of methoxy groups -OCH3 is 1. The van der Waals surface area contributed by atoms with Crippen LogP contribution in [0.15, 0.2) is 48.7 Å². The highest BCUT2D eigenvalue weighted by molar-refractivity contribution is 6.30. The average Bonchev–Trinajstić information content (AvgIpc) is 3.01. The molecule has 1 atom stereocenters. The molecule has 4 heteroatoms. The SMILES string of the molecule is CCCCN1C=Cc2c(n(Cc3cccc(Cl)c3)c3cc(OC)ccc23)C1C. The molecule has 0 saturated heterocycles. The van der Waals surface area contributed by atoms with Gasteiger partial charge >= 0.3 is 0 Å². The predicted octanol–water partition coefficient (Wildman–Crippen LogP) is 6.50. The van der Waals surface area contributed by atoms with Crippen molar-refractivity contribution in [2.24, 2.45) is 0 Å². The number of aromatic nitrogens is 1. The van der Waals surface area contributed by atoms with Crippen molar-refractivity contribution in [3.05, 3.63) is 70.5 Å². The van der Waals surface area contributed by atoms with Gasteiger partial charge in [-0.05, 0) is 49.2 Å². The lowest BCUT2D eigenvalue weighted by Crippen LogP contribution is -2.27. The maximum absolute atomic E-state index is 6.25. The van der Waals surface area contributed by atoms with Crippen molar-refractivity contribution in [2.45, 2.75) is 39.3 Å². The lowest BCUT2D eigenvalue weighted by molar-refractivity contribution is 0.281. The van der Waals surface area contributed by atoms with Crippen LogP contribution >= 0.6 is 11.6 Å². The van der Waals surface area contributed by atoms with Crippen LogP contribution in [0.2, 0.25) is 5.02 Å². The number of benzene rings is 2. The molecule has 2 aromatic carbocycles. The summed E-state index contributed by atoms with van der Waals surface area (Å²) in [5.74, 6) is 0.883. The third-order valence-electron chi connectivity index (χ3n) is 5.68. The van der Waals surface area contributed by atoms with Crippen LogP contribution < -0.4 is 4.74 Å². The summed E-state index contributed by atoms with van der Waals surface area (Å²) in [4.78, 5) is 2.45. The van der Waals surface area contributed by atoms with Crippen molar-refractivity contribution in [3.8, 4) is 5.75 Å². The molecule has 28 heavy (non-hydrogen) atoms. The molecular weight excluding hydrogens is 368 g/mol. The van der Waals surface area contributed by atoms with Crippen LogP contribution in [-0.4, -0.2) is 23.1 Å². The summed E-state index contributed by atoms with van der Waals surface area (Å²) < 4.78 is 7.95. The van der Waals surface area contributed by atoms with Gasteiger partial charge in [-0.25, -0.2) is 0 Å². The lowest BCUT2D eigenvalue weighted by Gasteiger charge is -2.32. The minimum atomic E-state index is 0.323. The Morgan fingerprint density at radius 3 is 2.75 bits per heavy atom. The highest BCUT2D eigenvalue weighted by atomic mass is 35.5. The number of halogens is 1. The van der Waals surface area contributed by atoms with Gasteiger partial charge in [-0.2, -0.15) is 0 Å². The molecule has 2 heterocycles. The number of nitrogens with zero attached hydrogens (tertiary/aromatic N) is 2. The second kappa shape index (κ2) is 7.92. The van der Waals surface area contributed by atoms with E-state index in [0.29, 0.717) is 6.04 Å². The van der Waals surface area contributed by atoms with E-state index in [1.807, 2.05) is 18.2 Å². The van der Waals surface area contributed by atoms with Crippen LogP contribution in [0.3, 0.4) is 0 Å². The van der Waals surface area contributed by atoms with E-state index in [9.17, 15) is 0 Å². The lowest BCUT2D eigenvalue weighted by atomic mass is 10.0. The van der Waals surface area contributed by atoms with Crippen molar-refractivity contribution >= 4 is 28.6 Å². The number of rotatable bonds is 6. The fourth-order valence-corrected chi connectivity index (χ4v) is 4.39. The zero-order valence-corrected chi connectivity index (χ0v) is 17.5. The Labute approximate surface area is 172 Å². The molecular formula is C24H27ClN2O. The molecule has 146 valence electrons. The van der Waals surface area contributed by atoms with Crippen molar-refractivity contribution in [2.75, 3.05) is 13.7 Å². The van der Waals surface area contributed by atoms with E-state index in [-0.39, 0.29) is 0 Å². The monoisotopic (exact) mass is 394 g/mol. The zero-order valence-electron chi connectivity index (χ0n) is 16.8. The molecule has 4 rings (SSSR count). The molecule has 0 aliphatic carbocycles. The van der Waals surface area contributed by atoms with Gasteiger partial charge in [0.05, 0.1) is 18.7 Å². The van der Waals surface area contributed by atoms with Crippen LogP contribution in [-0.2, 0) is 6.54 Å². The molecule has 0 bridgehead atoms. The van der Waals surface area contributed by atoms with E-state index < -0.39 is 0 Å². The predicted molar refractivity (Wildman–Crippen MR) is 118 cm³/mol. The van der Waals surface area contributed by atoms with Gasteiger partial charge < -0.3 is 14.2 Å². The van der Waals surface area contributed by atoms with Crippen LogP contribution in [0.1, 0.15) is 49.6 Å². The fourth-order valence-electron chi connectivity index (χ4n) is 4.18. The Morgan fingerprint density at radius 2 is 2.00 bits per heavy atom. The van der Waals surface area contributed by atoms with E-state index in [0.717, 1.165) is 23.9 Å². The highest BCUT2D eigenvalue weighted by Gasteiger charge is 2.26. The number of ether oxygens (including phenoxy) is 1. The van der Waals surface area contributed by atoms with E-state index in [1.54, 1.807) is 7.11 Å². The second-order valence-electron chi connectivity index (χ2n) is 7.48. The third-order valence-corrected chi connectivity index (χ3v) is 5.91. The standard InChI is InChI=1S/C24H27ClN2O/c1-4-5-12-26-13-11-22-21-10-9-20(28-3)15-23(21)27(24(22)17(26)2)16-18-7-6-8-19(25)14-18/h6-11,13-15,17H,4-5,12,16H2,1-3H3. The minimum absolute atomic E-state index is 0.323. The fraction of sp³-hybridized carbons (Fsp3) is 0.333.